The molecule has 3 rings (SSSR count). The minimum absolute atomic E-state index is 0.0392. The average Bonchev–Trinajstić information content (AvgIpc) is 2.85. The summed E-state index contributed by atoms with van der Waals surface area (Å²) < 4.78 is 1.95. The normalized spacial score (nSPS) is 12.3. The molecule has 0 spiro atoms. The Balaban J connectivity index is 1.95. The second-order valence-electron chi connectivity index (χ2n) is 5.83. The Morgan fingerprint density at radius 1 is 1.22 bits per heavy atom. The van der Waals surface area contributed by atoms with Gasteiger partial charge in [0.1, 0.15) is 0 Å². The van der Waals surface area contributed by atoms with Crippen molar-refractivity contribution in [1.29, 1.82) is 0 Å². The third-order valence-electron chi connectivity index (χ3n) is 3.66. The van der Waals surface area contributed by atoms with Crippen molar-refractivity contribution in [2.75, 3.05) is 5.32 Å². The molecule has 0 saturated carbocycles. The van der Waals surface area contributed by atoms with Gasteiger partial charge in [0.15, 0.2) is 0 Å². The molecule has 23 heavy (non-hydrogen) atoms. The van der Waals surface area contributed by atoms with Gasteiger partial charge in [-0.25, -0.2) is 4.98 Å². The number of benzene rings is 2. The number of nitrogens with zero attached hydrogens (tertiary/aromatic N) is 2. The molecule has 5 nitrogen and oxygen atoms in total. The molecule has 5 heteroatoms. The number of carbonyl (C=O) groups excluding carboxylic acids is 1. The maximum Gasteiger partial charge on any atom is 0.257 e. The van der Waals surface area contributed by atoms with Crippen LogP contribution in [0.4, 0.5) is 5.95 Å². The lowest BCUT2D eigenvalue weighted by Gasteiger charge is -2.12. The number of hydrogen-bond acceptors (Lipinski definition) is 3. The highest BCUT2D eigenvalue weighted by Crippen LogP contribution is 2.20. The molecule has 0 aliphatic heterocycles. The number of imidazole rings is 1. The summed E-state index contributed by atoms with van der Waals surface area (Å²) in [5.41, 5.74) is 9.47. The van der Waals surface area contributed by atoms with E-state index in [0.717, 1.165) is 16.6 Å². The Labute approximate surface area is 135 Å². The fraction of sp³-hybridized carbons (Fsp3) is 0.222. The summed E-state index contributed by atoms with van der Waals surface area (Å²) in [4.78, 5) is 17.0. The van der Waals surface area contributed by atoms with Gasteiger partial charge in [-0.2, -0.15) is 0 Å². The van der Waals surface area contributed by atoms with Crippen LogP contribution in [-0.4, -0.2) is 21.5 Å². The van der Waals surface area contributed by atoms with Crippen molar-refractivity contribution < 1.29 is 4.79 Å². The molecular weight excluding hydrogens is 288 g/mol. The predicted molar refractivity (Wildman–Crippen MR) is 92.5 cm³/mol. The number of aromatic nitrogens is 2. The molecule has 0 aliphatic rings. The van der Waals surface area contributed by atoms with Crippen LogP contribution in [0.15, 0.2) is 48.5 Å². The number of fused-ring (bicyclic) bond motifs is 1. The minimum Gasteiger partial charge on any atom is -0.326 e. The summed E-state index contributed by atoms with van der Waals surface area (Å²) in [6.45, 7) is 4.51. The van der Waals surface area contributed by atoms with Gasteiger partial charge in [-0.3, -0.25) is 10.1 Å². The van der Waals surface area contributed by atoms with Crippen molar-refractivity contribution in [3.05, 3.63) is 59.7 Å². The number of anilines is 1. The predicted octanol–water partition coefficient (Wildman–Crippen LogP) is 2.94. The molecule has 0 aliphatic carbocycles. The standard InChI is InChI=1S/C18H20N4O/c1-12-7-9-14(10-8-12)17(23)21-18-20-15-5-3-4-6-16(15)22(18)11-13(2)19/h3-10,13H,11,19H2,1-2H3,(H,20,21,23). The van der Waals surface area contributed by atoms with Gasteiger partial charge in [0.25, 0.3) is 5.91 Å². The second-order valence-corrected chi connectivity index (χ2v) is 5.83. The minimum atomic E-state index is -0.175. The fourth-order valence-corrected chi connectivity index (χ4v) is 2.52. The largest absolute Gasteiger partial charge is 0.326 e. The lowest BCUT2D eigenvalue weighted by atomic mass is 10.1. The molecule has 1 amide bonds. The van der Waals surface area contributed by atoms with E-state index in [1.807, 2.05) is 66.9 Å². The highest BCUT2D eigenvalue weighted by atomic mass is 16.1. The number of para-hydroxylation sites is 2. The first-order chi connectivity index (χ1) is 11.0. The van der Waals surface area contributed by atoms with E-state index in [1.54, 1.807) is 0 Å². The summed E-state index contributed by atoms with van der Waals surface area (Å²) in [5.74, 6) is 0.348. The zero-order valence-corrected chi connectivity index (χ0v) is 13.3. The molecule has 1 unspecified atom stereocenters. The molecule has 2 aromatic carbocycles. The molecule has 0 radical (unpaired) electrons. The Hall–Kier alpha value is -2.66. The molecule has 0 saturated heterocycles. The smallest absolute Gasteiger partial charge is 0.257 e. The molecule has 118 valence electrons. The van der Waals surface area contributed by atoms with Crippen LogP contribution in [0.2, 0.25) is 0 Å². The van der Waals surface area contributed by atoms with Crippen molar-refractivity contribution in [3.63, 3.8) is 0 Å². The first kappa shape index (κ1) is 15.2. The van der Waals surface area contributed by atoms with E-state index >= 15 is 0 Å². The third-order valence-corrected chi connectivity index (χ3v) is 3.66. The molecule has 1 aromatic heterocycles. The van der Waals surface area contributed by atoms with Crippen LogP contribution in [-0.2, 0) is 6.54 Å². The van der Waals surface area contributed by atoms with E-state index in [-0.39, 0.29) is 11.9 Å². The van der Waals surface area contributed by atoms with Crippen LogP contribution in [0.3, 0.4) is 0 Å². The Bertz CT molecular complexity index is 834. The average molecular weight is 308 g/mol. The van der Waals surface area contributed by atoms with Crippen molar-refractivity contribution in [2.24, 2.45) is 5.73 Å². The topological polar surface area (TPSA) is 72.9 Å². The number of amides is 1. The SMILES string of the molecule is Cc1ccc(C(=O)Nc2nc3ccccc3n2CC(C)N)cc1. The molecular formula is C18H20N4O. The molecule has 1 heterocycles. The van der Waals surface area contributed by atoms with Gasteiger partial charge in [0, 0.05) is 18.2 Å². The quantitative estimate of drug-likeness (QED) is 0.778. The maximum atomic E-state index is 12.4. The monoisotopic (exact) mass is 308 g/mol. The van der Waals surface area contributed by atoms with Crippen molar-refractivity contribution in [1.82, 2.24) is 9.55 Å². The Morgan fingerprint density at radius 3 is 2.61 bits per heavy atom. The van der Waals surface area contributed by atoms with Gasteiger partial charge >= 0.3 is 0 Å². The molecule has 3 aromatic rings. The van der Waals surface area contributed by atoms with Gasteiger partial charge in [-0.15, -0.1) is 0 Å². The summed E-state index contributed by atoms with van der Waals surface area (Å²) in [5, 5.41) is 2.90. The van der Waals surface area contributed by atoms with Crippen LogP contribution >= 0.6 is 0 Å². The molecule has 0 fully saturated rings. The van der Waals surface area contributed by atoms with E-state index in [2.05, 4.69) is 10.3 Å². The Morgan fingerprint density at radius 2 is 1.91 bits per heavy atom. The van der Waals surface area contributed by atoms with Gasteiger partial charge in [-0.05, 0) is 38.1 Å². The number of carbonyl (C=O) groups is 1. The van der Waals surface area contributed by atoms with Crippen LogP contribution < -0.4 is 11.1 Å². The van der Waals surface area contributed by atoms with Crippen LogP contribution in [0.5, 0.6) is 0 Å². The van der Waals surface area contributed by atoms with E-state index in [0.29, 0.717) is 18.1 Å². The first-order valence-corrected chi connectivity index (χ1v) is 7.63. The fourth-order valence-electron chi connectivity index (χ4n) is 2.52. The zero-order valence-electron chi connectivity index (χ0n) is 13.3. The van der Waals surface area contributed by atoms with E-state index in [4.69, 9.17) is 5.73 Å². The number of aryl methyl sites for hydroxylation is 1. The zero-order chi connectivity index (χ0) is 16.4. The summed E-state index contributed by atoms with van der Waals surface area (Å²) in [6, 6.07) is 15.2. The number of rotatable bonds is 4. The summed E-state index contributed by atoms with van der Waals surface area (Å²) in [7, 11) is 0. The number of nitrogens with two attached hydrogens (primary N) is 1. The van der Waals surface area contributed by atoms with Crippen molar-refractivity contribution in [3.8, 4) is 0 Å². The number of nitrogens with one attached hydrogen (secondary N) is 1. The van der Waals surface area contributed by atoms with Crippen LogP contribution in [0, 0.1) is 6.92 Å². The highest BCUT2D eigenvalue weighted by Gasteiger charge is 2.15. The van der Waals surface area contributed by atoms with E-state index in [9.17, 15) is 4.79 Å². The van der Waals surface area contributed by atoms with Crippen molar-refractivity contribution >= 4 is 22.9 Å². The van der Waals surface area contributed by atoms with Crippen LogP contribution in [0.1, 0.15) is 22.8 Å². The van der Waals surface area contributed by atoms with Gasteiger partial charge in [0.05, 0.1) is 11.0 Å². The Kier molecular flexibility index (Phi) is 4.12. The van der Waals surface area contributed by atoms with Crippen LogP contribution in [0.25, 0.3) is 11.0 Å². The van der Waals surface area contributed by atoms with Crippen molar-refractivity contribution in [2.45, 2.75) is 26.4 Å². The van der Waals surface area contributed by atoms with Gasteiger partial charge < -0.3 is 10.3 Å². The maximum absolute atomic E-state index is 12.4. The lowest BCUT2D eigenvalue weighted by molar-refractivity contribution is 0.102. The number of hydrogen-bond donors (Lipinski definition) is 2. The lowest BCUT2D eigenvalue weighted by Crippen LogP contribution is -2.24. The summed E-state index contributed by atoms with van der Waals surface area (Å²) in [6.07, 6.45) is 0. The van der Waals surface area contributed by atoms with Gasteiger partial charge in [0.2, 0.25) is 5.95 Å². The highest BCUT2D eigenvalue weighted by molar-refractivity contribution is 6.04. The second kappa shape index (κ2) is 6.22. The first-order valence-electron chi connectivity index (χ1n) is 7.63. The van der Waals surface area contributed by atoms with E-state index in [1.165, 1.54) is 0 Å². The van der Waals surface area contributed by atoms with Gasteiger partial charge in [-0.1, -0.05) is 29.8 Å². The summed E-state index contributed by atoms with van der Waals surface area (Å²) >= 11 is 0. The molecule has 0 bridgehead atoms. The molecule has 1 atom stereocenters. The van der Waals surface area contributed by atoms with E-state index < -0.39 is 0 Å². The third kappa shape index (κ3) is 3.24. The molecule has 3 N–H and O–H groups in total.